The average molecular weight is 125 g/mol. The van der Waals surface area contributed by atoms with Gasteiger partial charge in [-0.3, -0.25) is 0 Å². The zero-order valence-electron chi connectivity index (χ0n) is 6.72. The summed E-state index contributed by atoms with van der Waals surface area (Å²) < 4.78 is 0. The van der Waals surface area contributed by atoms with E-state index in [0.717, 1.165) is 5.92 Å². The third kappa shape index (κ3) is 5.61. The molecular formula is C9H17. The van der Waals surface area contributed by atoms with Crippen molar-refractivity contribution in [3.63, 3.8) is 0 Å². The normalized spacial score (nSPS) is 13.8. The number of rotatable bonds is 4. The molecule has 0 fully saturated rings. The van der Waals surface area contributed by atoms with Crippen LogP contribution in [0.3, 0.4) is 0 Å². The summed E-state index contributed by atoms with van der Waals surface area (Å²) in [6.07, 6.45) is 5.30. The van der Waals surface area contributed by atoms with Crippen molar-refractivity contribution < 1.29 is 0 Å². The molecule has 1 atom stereocenters. The maximum atomic E-state index is 3.65. The summed E-state index contributed by atoms with van der Waals surface area (Å²) >= 11 is 0. The first-order chi connectivity index (χ1) is 4.16. The highest BCUT2D eigenvalue weighted by molar-refractivity contribution is 4.90. The van der Waals surface area contributed by atoms with Gasteiger partial charge < -0.3 is 0 Å². The van der Waals surface area contributed by atoms with Crippen LogP contribution in [0.15, 0.2) is 12.7 Å². The summed E-state index contributed by atoms with van der Waals surface area (Å²) in [5.74, 6) is 1.50. The van der Waals surface area contributed by atoms with Gasteiger partial charge in [-0.1, -0.05) is 26.8 Å². The Hall–Kier alpha value is -0.260. The predicted molar refractivity (Wildman–Crippen MR) is 43.1 cm³/mol. The van der Waals surface area contributed by atoms with Crippen LogP contribution in [0, 0.1) is 18.3 Å². The van der Waals surface area contributed by atoms with Crippen molar-refractivity contribution in [2.24, 2.45) is 11.8 Å². The molecule has 9 heavy (non-hydrogen) atoms. The Labute approximate surface area is 59.0 Å². The third-order valence-electron chi connectivity index (χ3n) is 1.31. The smallest absolute Gasteiger partial charge is 0.0145 e. The summed E-state index contributed by atoms with van der Waals surface area (Å²) in [5.41, 5.74) is 0. The van der Waals surface area contributed by atoms with E-state index < -0.39 is 0 Å². The molecule has 0 rings (SSSR count). The SMILES string of the molecule is C=C[CH]C(C)CC(C)C. The highest BCUT2D eigenvalue weighted by Crippen LogP contribution is 2.13. The first-order valence-electron chi connectivity index (χ1n) is 3.62. The zero-order chi connectivity index (χ0) is 7.28. The molecule has 0 N–H and O–H groups in total. The maximum Gasteiger partial charge on any atom is -0.0145 e. The highest BCUT2D eigenvalue weighted by atomic mass is 14.1. The Morgan fingerprint density at radius 3 is 2.22 bits per heavy atom. The van der Waals surface area contributed by atoms with E-state index in [-0.39, 0.29) is 0 Å². The summed E-state index contributed by atoms with van der Waals surface area (Å²) in [5, 5.41) is 0. The van der Waals surface area contributed by atoms with Gasteiger partial charge in [0.1, 0.15) is 0 Å². The lowest BCUT2D eigenvalue weighted by molar-refractivity contribution is 0.488. The van der Waals surface area contributed by atoms with Crippen LogP contribution in [0.25, 0.3) is 0 Å². The van der Waals surface area contributed by atoms with Gasteiger partial charge in [0.2, 0.25) is 0 Å². The molecule has 0 aliphatic rings. The van der Waals surface area contributed by atoms with Crippen molar-refractivity contribution in [2.45, 2.75) is 27.2 Å². The van der Waals surface area contributed by atoms with E-state index in [1.54, 1.807) is 0 Å². The van der Waals surface area contributed by atoms with Crippen molar-refractivity contribution in [1.29, 1.82) is 0 Å². The lowest BCUT2D eigenvalue weighted by atomic mass is 9.96. The molecule has 0 saturated carbocycles. The van der Waals surface area contributed by atoms with E-state index in [1.165, 1.54) is 6.42 Å². The van der Waals surface area contributed by atoms with Crippen LogP contribution in [0.5, 0.6) is 0 Å². The van der Waals surface area contributed by atoms with Crippen molar-refractivity contribution >= 4 is 0 Å². The van der Waals surface area contributed by atoms with E-state index >= 15 is 0 Å². The summed E-state index contributed by atoms with van der Waals surface area (Å²) in [6.45, 7) is 10.4. The summed E-state index contributed by atoms with van der Waals surface area (Å²) in [6, 6.07) is 0. The van der Waals surface area contributed by atoms with Gasteiger partial charge in [0.15, 0.2) is 0 Å². The van der Waals surface area contributed by atoms with Crippen molar-refractivity contribution in [1.82, 2.24) is 0 Å². The Kier molecular flexibility index (Phi) is 4.47. The Balaban J connectivity index is 3.25. The van der Waals surface area contributed by atoms with Gasteiger partial charge in [0.05, 0.1) is 0 Å². The van der Waals surface area contributed by atoms with Gasteiger partial charge in [0.25, 0.3) is 0 Å². The van der Waals surface area contributed by atoms with Crippen LogP contribution in [0.4, 0.5) is 0 Å². The van der Waals surface area contributed by atoms with Gasteiger partial charge in [-0.2, -0.15) is 0 Å². The molecule has 0 nitrogen and oxygen atoms in total. The Morgan fingerprint density at radius 1 is 1.33 bits per heavy atom. The Morgan fingerprint density at radius 2 is 1.89 bits per heavy atom. The fourth-order valence-electron chi connectivity index (χ4n) is 1.05. The second-order valence-corrected chi connectivity index (χ2v) is 3.03. The fraction of sp³-hybridized carbons (Fsp3) is 0.667. The molecule has 0 aromatic heterocycles. The highest BCUT2D eigenvalue weighted by Gasteiger charge is 2.01. The van der Waals surface area contributed by atoms with Crippen LogP contribution in [0.1, 0.15) is 27.2 Å². The van der Waals surface area contributed by atoms with Gasteiger partial charge in [-0.25, -0.2) is 0 Å². The molecule has 1 radical (unpaired) electrons. The molecule has 0 spiro atoms. The van der Waals surface area contributed by atoms with E-state index in [2.05, 4.69) is 33.8 Å². The van der Waals surface area contributed by atoms with E-state index in [0.29, 0.717) is 5.92 Å². The average Bonchev–Trinajstić information content (AvgIpc) is 1.63. The van der Waals surface area contributed by atoms with E-state index in [1.807, 2.05) is 6.08 Å². The van der Waals surface area contributed by atoms with Crippen molar-refractivity contribution in [2.75, 3.05) is 0 Å². The minimum atomic E-state index is 0.697. The molecule has 53 valence electrons. The van der Waals surface area contributed by atoms with E-state index in [9.17, 15) is 0 Å². The second kappa shape index (κ2) is 4.60. The lowest BCUT2D eigenvalue weighted by Gasteiger charge is -2.09. The molecule has 0 heterocycles. The van der Waals surface area contributed by atoms with Crippen LogP contribution in [0.2, 0.25) is 0 Å². The molecular weight excluding hydrogens is 108 g/mol. The van der Waals surface area contributed by atoms with Gasteiger partial charge in [-0.05, 0) is 24.7 Å². The Bertz CT molecular complexity index is 72.1. The quantitative estimate of drug-likeness (QED) is 0.541. The molecule has 0 aromatic carbocycles. The van der Waals surface area contributed by atoms with E-state index in [4.69, 9.17) is 0 Å². The first kappa shape index (κ1) is 8.74. The monoisotopic (exact) mass is 125 g/mol. The first-order valence-corrected chi connectivity index (χ1v) is 3.62. The second-order valence-electron chi connectivity index (χ2n) is 3.03. The van der Waals surface area contributed by atoms with Gasteiger partial charge in [-0.15, -0.1) is 6.58 Å². The molecule has 1 unspecified atom stereocenters. The largest absolute Gasteiger partial charge is 0.103 e. The minimum absolute atomic E-state index is 0.697. The number of hydrogen-bond donors (Lipinski definition) is 0. The topological polar surface area (TPSA) is 0 Å². The number of hydrogen-bond acceptors (Lipinski definition) is 0. The van der Waals surface area contributed by atoms with Crippen LogP contribution < -0.4 is 0 Å². The third-order valence-corrected chi connectivity index (χ3v) is 1.31. The summed E-state index contributed by atoms with van der Waals surface area (Å²) in [7, 11) is 0. The van der Waals surface area contributed by atoms with Crippen molar-refractivity contribution in [3.8, 4) is 0 Å². The molecule has 0 saturated heterocycles. The van der Waals surface area contributed by atoms with Crippen LogP contribution in [-0.2, 0) is 0 Å². The van der Waals surface area contributed by atoms with Crippen LogP contribution in [-0.4, -0.2) is 0 Å². The molecule has 0 aromatic rings. The maximum absolute atomic E-state index is 3.65. The summed E-state index contributed by atoms with van der Waals surface area (Å²) in [4.78, 5) is 0. The fourth-order valence-corrected chi connectivity index (χ4v) is 1.05. The molecule has 0 aliphatic heterocycles. The minimum Gasteiger partial charge on any atom is -0.103 e. The molecule has 0 amide bonds. The van der Waals surface area contributed by atoms with Crippen LogP contribution >= 0.6 is 0 Å². The van der Waals surface area contributed by atoms with Gasteiger partial charge >= 0.3 is 0 Å². The van der Waals surface area contributed by atoms with Gasteiger partial charge in [0, 0.05) is 0 Å². The predicted octanol–water partition coefficient (Wildman–Crippen LogP) is 3.06. The zero-order valence-corrected chi connectivity index (χ0v) is 6.72. The molecule has 0 heteroatoms. The van der Waals surface area contributed by atoms with Crippen molar-refractivity contribution in [3.05, 3.63) is 19.1 Å². The molecule has 0 aliphatic carbocycles. The lowest BCUT2D eigenvalue weighted by Crippen LogP contribution is -1.98. The number of allylic oxidation sites excluding steroid dienone is 1. The standard InChI is InChI=1S/C9H17/c1-5-6-9(4)7-8(2)3/h5-6,8-9H,1,7H2,2-4H3. The molecule has 0 bridgehead atoms.